The van der Waals surface area contributed by atoms with E-state index in [4.69, 9.17) is 9.47 Å². The third-order valence-electron chi connectivity index (χ3n) is 5.38. The van der Waals surface area contributed by atoms with Crippen molar-refractivity contribution in [2.75, 3.05) is 19.0 Å². The predicted molar refractivity (Wildman–Crippen MR) is 120 cm³/mol. The number of anilines is 1. The SMILES string of the molecule is CCCCC[C@H]1[C@@H](C(=O)OCC)Nc2ccc(OC)cc2[C@@H]1Sc1ccccc1. The highest BCUT2D eigenvalue weighted by atomic mass is 32.2. The lowest BCUT2D eigenvalue weighted by Gasteiger charge is -2.39. The molecule has 0 radical (unpaired) electrons. The van der Waals surface area contributed by atoms with Crippen molar-refractivity contribution in [3.63, 3.8) is 0 Å². The summed E-state index contributed by atoms with van der Waals surface area (Å²) in [6.45, 7) is 4.46. The maximum absolute atomic E-state index is 12.9. The van der Waals surface area contributed by atoms with Crippen LogP contribution in [0.1, 0.15) is 50.3 Å². The molecule has 0 bridgehead atoms. The first kappa shape index (κ1) is 21.6. The van der Waals surface area contributed by atoms with Gasteiger partial charge in [-0.1, -0.05) is 44.4 Å². The predicted octanol–water partition coefficient (Wildman–Crippen LogP) is 6.08. The Kier molecular flexibility index (Phi) is 7.87. The third kappa shape index (κ3) is 5.27. The summed E-state index contributed by atoms with van der Waals surface area (Å²) in [4.78, 5) is 14.1. The van der Waals surface area contributed by atoms with E-state index < -0.39 is 0 Å². The molecule has 5 heteroatoms. The van der Waals surface area contributed by atoms with Gasteiger partial charge in [0.2, 0.25) is 0 Å². The Hall–Kier alpha value is -2.14. The molecule has 0 saturated heterocycles. The summed E-state index contributed by atoms with van der Waals surface area (Å²) in [5.74, 6) is 0.825. The highest BCUT2D eigenvalue weighted by Crippen LogP contribution is 2.50. The molecule has 0 amide bonds. The summed E-state index contributed by atoms with van der Waals surface area (Å²) in [5, 5.41) is 3.63. The van der Waals surface area contributed by atoms with Gasteiger partial charge in [-0.2, -0.15) is 0 Å². The first-order valence-electron chi connectivity index (χ1n) is 10.5. The Bertz CT molecular complexity index is 796. The van der Waals surface area contributed by atoms with Crippen LogP contribution in [0.2, 0.25) is 0 Å². The summed E-state index contributed by atoms with van der Waals surface area (Å²) < 4.78 is 10.9. The number of hydrogen-bond acceptors (Lipinski definition) is 5. The number of carbonyl (C=O) groups is 1. The molecule has 0 unspecified atom stereocenters. The zero-order valence-electron chi connectivity index (χ0n) is 17.5. The van der Waals surface area contributed by atoms with E-state index >= 15 is 0 Å². The maximum Gasteiger partial charge on any atom is 0.328 e. The third-order valence-corrected chi connectivity index (χ3v) is 6.78. The highest BCUT2D eigenvalue weighted by molar-refractivity contribution is 7.99. The lowest BCUT2D eigenvalue weighted by Crippen LogP contribution is -2.44. The average Bonchev–Trinajstić information content (AvgIpc) is 2.75. The van der Waals surface area contributed by atoms with Crippen molar-refractivity contribution in [1.82, 2.24) is 0 Å². The van der Waals surface area contributed by atoms with Gasteiger partial charge >= 0.3 is 5.97 Å². The Morgan fingerprint density at radius 2 is 1.90 bits per heavy atom. The van der Waals surface area contributed by atoms with E-state index in [2.05, 4.69) is 42.6 Å². The Morgan fingerprint density at radius 3 is 2.59 bits per heavy atom. The average molecular weight is 414 g/mol. The second-order valence-electron chi connectivity index (χ2n) is 7.34. The monoisotopic (exact) mass is 413 g/mol. The van der Waals surface area contributed by atoms with Crippen molar-refractivity contribution in [2.24, 2.45) is 5.92 Å². The summed E-state index contributed by atoms with van der Waals surface area (Å²) in [6.07, 6.45) is 4.40. The Balaban J connectivity index is 2.01. The van der Waals surface area contributed by atoms with Crippen LogP contribution in [0.15, 0.2) is 53.4 Å². The van der Waals surface area contributed by atoms with Crippen LogP contribution in [-0.2, 0) is 9.53 Å². The first-order chi connectivity index (χ1) is 14.2. The number of nitrogens with one attached hydrogen (secondary N) is 1. The van der Waals surface area contributed by atoms with Crippen LogP contribution >= 0.6 is 11.8 Å². The second kappa shape index (κ2) is 10.6. The van der Waals surface area contributed by atoms with Crippen molar-refractivity contribution in [3.8, 4) is 5.75 Å². The fourth-order valence-corrected chi connectivity index (χ4v) is 5.32. The van der Waals surface area contributed by atoms with Crippen LogP contribution < -0.4 is 10.1 Å². The largest absolute Gasteiger partial charge is 0.497 e. The molecule has 0 aromatic heterocycles. The molecular formula is C24H31NO3S. The fraction of sp³-hybridized carbons (Fsp3) is 0.458. The number of benzene rings is 2. The first-order valence-corrected chi connectivity index (χ1v) is 11.4. The molecule has 3 atom stereocenters. The van der Waals surface area contributed by atoms with Gasteiger partial charge in [-0.25, -0.2) is 4.79 Å². The minimum atomic E-state index is -0.339. The number of ether oxygens (including phenoxy) is 2. The van der Waals surface area contributed by atoms with Crippen LogP contribution in [0.5, 0.6) is 5.75 Å². The van der Waals surface area contributed by atoms with Crippen molar-refractivity contribution in [1.29, 1.82) is 0 Å². The molecular weight excluding hydrogens is 382 g/mol. The standard InChI is InChI=1S/C24H31NO3S/c1-4-6-8-13-19-22(24(26)28-5-2)25-21-15-14-17(27-3)16-20(21)23(19)29-18-11-9-7-10-12-18/h7,9-12,14-16,19,22-23,25H,4-6,8,13H2,1-3H3/t19-,22-,23+/m0/s1. The van der Waals surface area contributed by atoms with E-state index in [0.717, 1.165) is 30.7 Å². The van der Waals surface area contributed by atoms with E-state index in [1.165, 1.54) is 16.9 Å². The molecule has 1 heterocycles. The van der Waals surface area contributed by atoms with Gasteiger partial charge in [0.1, 0.15) is 11.8 Å². The number of unbranched alkanes of at least 4 members (excludes halogenated alkanes) is 2. The van der Waals surface area contributed by atoms with E-state index in [-0.39, 0.29) is 23.2 Å². The zero-order chi connectivity index (χ0) is 20.6. The topological polar surface area (TPSA) is 47.6 Å². The molecule has 0 aliphatic carbocycles. The number of thioether (sulfide) groups is 1. The molecule has 0 fully saturated rings. The smallest absolute Gasteiger partial charge is 0.328 e. The zero-order valence-corrected chi connectivity index (χ0v) is 18.3. The summed E-state index contributed by atoms with van der Waals surface area (Å²) in [6, 6.07) is 16.1. The van der Waals surface area contributed by atoms with Crippen LogP contribution in [0.4, 0.5) is 5.69 Å². The van der Waals surface area contributed by atoms with E-state index in [1.54, 1.807) is 7.11 Å². The van der Waals surface area contributed by atoms with Crippen molar-refractivity contribution < 1.29 is 14.3 Å². The molecule has 3 rings (SSSR count). The van der Waals surface area contributed by atoms with Crippen molar-refractivity contribution in [3.05, 3.63) is 54.1 Å². The van der Waals surface area contributed by atoms with Crippen molar-refractivity contribution in [2.45, 2.75) is 55.7 Å². The van der Waals surface area contributed by atoms with E-state index in [1.807, 2.05) is 36.9 Å². The molecule has 1 N–H and O–H groups in total. The van der Waals surface area contributed by atoms with E-state index in [9.17, 15) is 4.79 Å². The van der Waals surface area contributed by atoms with Crippen LogP contribution in [0, 0.1) is 5.92 Å². The van der Waals surface area contributed by atoms with Crippen LogP contribution in [0.25, 0.3) is 0 Å². The molecule has 156 valence electrons. The summed E-state index contributed by atoms with van der Waals surface area (Å²) >= 11 is 1.83. The molecule has 2 aromatic carbocycles. The van der Waals surface area contributed by atoms with Gasteiger partial charge in [0.05, 0.1) is 13.7 Å². The number of rotatable bonds is 9. The van der Waals surface area contributed by atoms with Gasteiger partial charge in [-0.05, 0) is 49.2 Å². The summed E-state index contributed by atoms with van der Waals surface area (Å²) in [7, 11) is 1.69. The number of hydrogen-bond donors (Lipinski definition) is 1. The van der Waals surface area contributed by atoms with Crippen molar-refractivity contribution >= 4 is 23.4 Å². The lowest BCUT2D eigenvalue weighted by atomic mass is 9.83. The Morgan fingerprint density at radius 1 is 1.10 bits per heavy atom. The highest BCUT2D eigenvalue weighted by Gasteiger charge is 2.41. The number of fused-ring (bicyclic) bond motifs is 1. The maximum atomic E-state index is 12.9. The van der Waals surface area contributed by atoms with Gasteiger partial charge in [0.15, 0.2) is 0 Å². The summed E-state index contributed by atoms with van der Waals surface area (Å²) in [5.41, 5.74) is 2.18. The molecule has 0 spiro atoms. The van der Waals surface area contributed by atoms with E-state index in [0.29, 0.717) is 6.61 Å². The number of carbonyl (C=O) groups excluding carboxylic acids is 1. The number of esters is 1. The van der Waals surface area contributed by atoms with Gasteiger partial charge < -0.3 is 14.8 Å². The lowest BCUT2D eigenvalue weighted by molar-refractivity contribution is -0.145. The van der Waals surface area contributed by atoms with Gasteiger partial charge in [0, 0.05) is 21.8 Å². The molecule has 29 heavy (non-hydrogen) atoms. The van der Waals surface area contributed by atoms with Crippen LogP contribution in [0.3, 0.4) is 0 Å². The van der Waals surface area contributed by atoms with Gasteiger partial charge in [-0.3, -0.25) is 0 Å². The molecule has 2 aromatic rings. The minimum Gasteiger partial charge on any atom is -0.497 e. The molecule has 1 aliphatic heterocycles. The normalized spacial score (nSPS) is 20.4. The quantitative estimate of drug-likeness (QED) is 0.399. The second-order valence-corrected chi connectivity index (χ2v) is 8.55. The molecule has 4 nitrogen and oxygen atoms in total. The van der Waals surface area contributed by atoms with Crippen LogP contribution in [-0.4, -0.2) is 25.7 Å². The van der Waals surface area contributed by atoms with Gasteiger partial charge in [-0.15, -0.1) is 11.8 Å². The Labute approximate surface area is 178 Å². The number of methoxy groups -OCH3 is 1. The molecule has 1 aliphatic rings. The minimum absolute atomic E-state index is 0.144. The van der Waals surface area contributed by atoms with Gasteiger partial charge in [0.25, 0.3) is 0 Å². The fourth-order valence-electron chi connectivity index (χ4n) is 3.93. The molecule has 0 saturated carbocycles.